The normalized spacial score (nSPS) is 26.3. The number of anilines is 2. The fourth-order valence-electron chi connectivity index (χ4n) is 3.49. The second-order valence-electron chi connectivity index (χ2n) is 6.05. The number of hydrogen-bond donors (Lipinski definition) is 1. The average molecular weight is 354 g/mol. The molecule has 6 nitrogen and oxygen atoms in total. The minimum absolute atomic E-state index is 0.256. The van der Waals surface area contributed by atoms with Gasteiger partial charge in [0, 0.05) is 43.1 Å². The third-order valence-corrected chi connectivity index (χ3v) is 5.64. The first kappa shape index (κ1) is 15.8. The van der Waals surface area contributed by atoms with Crippen LogP contribution < -0.4 is 14.5 Å². The van der Waals surface area contributed by atoms with Gasteiger partial charge < -0.3 is 19.5 Å². The summed E-state index contributed by atoms with van der Waals surface area (Å²) in [6.45, 7) is 1.72. The first-order valence-electron chi connectivity index (χ1n) is 8.09. The molecule has 0 bridgehead atoms. The molecule has 130 valence electrons. The molecule has 3 aliphatic rings. The van der Waals surface area contributed by atoms with Gasteiger partial charge in [0.25, 0.3) is 0 Å². The summed E-state index contributed by atoms with van der Waals surface area (Å²) in [6.07, 6.45) is -0.635. The van der Waals surface area contributed by atoms with E-state index in [0.29, 0.717) is 30.2 Å². The van der Waals surface area contributed by atoms with Gasteiger partial charge in [-0.3, -0.25) is 4.90 Å². The quantitative estimate of drug-likeness (QED) is 0.875. The van der Waals surface area contributed by atoms with Gasteiger partial charge in [-0.05, 0) is 0 Å². The molecule has 2 fully saturated rings. The number of ether oxygens (including phenoxy) is 2. The van der Waals surface area contributed by atoms with Gasteiger partial charge in [-0.15, -0.1) is 0 Å². The molecule has 2 atom stereocenters. The van der Waals surface area contributed by atoms with Crippen LogP contribution in [0, 0.1) is 5.82 Å². The Balaban J connectivity index is 1.72. The highest BCUT2D eigenvalue weighted by Gasteiger charge is 2.45. The number of benzene rings is 1. The lowest BCUT2D eigenvalue weighted by Gasteiger charge is -2.30. The summed E-state index contributed by atoms with van der Waals surface area (Å²) >= 11 is 1.86. The first-order chi connectivity index (χ1) is 11.7. The maximum Gasteiger partial charge on any atom is 0.415 e. The van der Waals surface area contributed by atoms with Gasteiger partial charge >= 0.3 is 6.09 Å². The SMILES string of the molecule is O=C1O[C@H](CO)[C@H]2CCOc3cc(N4CCSCC4)c(F)cc3N12. The van der Waals surface area contributed by atoms with E-state index in [-0.39, 0.29) is 18.5 Å². The van der Waals surface area contributed by atoms with Crippen molar-refractivity contribution in [1.29, 1.82) is 0 Å². The molecule has 3 heterocycles. The summed E-state index contributed by atoms with van der Waals surface area (Å²) in [7, 11) is 0. The monoisotopic (exact) mass is 354 g/mol. The van der Waals surface area contributed by atoms with Gasteiger partial charge in [0.1, 0.15) is 17.7 Å². The number of aliphatic hydroxyl groups excluding tert-OH is 1. The Hall–Kier alpha value is -1.67. The molecule has 8 heteroatoms. The van der Waals surface area contributed by atoms with Crippen molar-refractivity contribution >= 4 is 29.2 Å². The van der Waals surface area contributed by atoms with E-state index in [2.05, 4.69) is 0 Å². The Kier molecular flexibility index (Phi) is 4.17. The maximum atomic E-state index is 14.7. The number of carbonyl (C=O) groups excluding carboxylic acids is 1. The van der Waals surface area contributed by atoms with E-state index in [1.165, 1.54) is 11.0 Å². The lowest BCUT2D eigenvalue weighted by molar-refractivity contribution is 0.0793. The van der Waals surface area contributed by atoms with Crippen LogP contribution in [-0.4, -0.2) is 61.2 Å². The molecule has 0 unspecified atom stereocenters. The predicted molar refractivity (Wildman–Crippen MR) is 89.7 cm³/mol. The van der Waals surface area contributed by atoms with Gasteiger partial charge in [-0.2, -0.15) is 11.8 Å². The molecule has 0 spiro atoms. The van der Waals surface area contributed by atoms with Crippen LogP contribution in [0.5, 0.6) is 5.75 Å². The summed E-state index contributed by atoms with van der Waals surface area (Å²) in [5.41, 5.74) is 0.893. The summed E-state index contributed by atoms with van der Waals surface area (Å²) in [5, 5.41) is 9.40. The molecule has 0 aromatic heterocycles. The number of rotatable bonds is 2. The molecule has 1 aromatic carbocycles. The van der Waals surface area contributed by atoms with E-state index < -0.39 is 12.2 Å². The zero-order valence-electron chi connectivity index (χ0n) is 13.1. The number of cyclic esters (lactones) is 1. The molecule has 0 radical (unpaired) electrons. The Morgan fingerprint density at radius 3 is 2.83 bits per heavy atom. The summed E-state index contributed by atoms with van der Waals surface area (Å²) in [4.78, 5) is 15.6. The van der Waals surface area contributed by atoms with E-state index in [4.69, 9.17) is 9.47 Å². The number of fused-ring (bicyclic) bond motifs is 3. The molecule has 4 rings (SSSR count). The van der Waals surface area contributed by atoms with E-state index in [0.717, 1.165) is 24.6 Å². The Labute approximate surface area is 143 Å². The van der Waals surface area contributed by atoms with Crippen LogP contribution in [0.1, 0.15) is 6.42 Å². The minimum Gasteiger partial charge on any atom is -0.491 e. The number of amides is 1. The predicted octanol–water partition coefficient (Wildman–Crippen LogP) is 1.85. The van der Waals surface area contributed by atoms with Crippen LogP contribution in [0.2, 0.25) is 0 Å². The van der Waals surface area contributed by atoms with Gasteiger partial charge in [-0.1, -0.05) is 0 Å². The van der Waals surface area contributed by atoms with Crippen LogP contribution in [0.3, 0.4) is 0 Å². The highest BCUT2D eigenvalue weighted by atomic mass is 32.2. The Morgan fingerprint density at radius 1 is 1.29 bits per heavy atom. The van der Waals surface area contributed by atoms with E-state index >= 15 is 0 Å². The lowest BCUT2D eigenvalue weighted by Crippen LogP contribution is -2.38. The van der Waals surface area contributed by atoms with Crippen molar-refractivity contribution < 1.29 is 23.8 Å². The minimum atomic E-state index is -0.603. The maximum absolute atomic E-state index is 14.7. The molecular weight excluding hydrogens is 335 g/mol. The molecular formula is C16H19FN2O4S. The van der Waals surface area contributed by atoms with Crippen LogP contribution in [0.25, 0.3) is 0 Å². The van der Waals surface area contributed by atoms with Crippen LogP contribution in [0.15, 0.2) is 12.1 Å². The fourth-order valence-corrected chi connectivity index (χ4v) is 4.39. The zero-order chi connectivity index (χ0) is 16.7. The highest BCUT2D eigenvalue weighted by molar-refractivity contribution is 7.99. The van der Waals surface area contributed by atoms with Gasteiger partial charge in [0.15, 0.2) is 0 Å². The van der Waals surface area contributed by atoms with Crippen LogP contribution in [-0.2, 0) is 4.74 Å². The zero-order valence-corrected chi connectivity index (χ0v) is 13.9. The molecule has 1 amide bonds. The second kappa shape index (κ2) is 6.33. The second-order valence-corrected chi connectivity index (χ2v) is 7.27. The number of carbonyl (C=O) groups is 1. The third-order valence-electron chi connectivity index (χ3n) is 4.70. The Morgan fingerprint density at radius 2 is 2.08 bits per heavy atom. The van der Waals surface area contributed by atoms with Crippen LogP contribution >= 0.6 is 11.8 Å². The van der Waals surface area contributed by atoms with Gasteiger partial charge in [0.05, 0.1) is 30.6 Å². The van der Waals surface area contributed by atoms with E-state index in [1.807, 2.05) is 16.7 Å². The highest BCUT2D eigenvalue weighted by Crippen LogP contribution is 2.41. The molecule has 3 aliphatic heterocycles. The molecule has 24 heavy (non-hydrogen) atoms. The van der Waals surface area contributed by atoms with E-state index in [1.54, 1.807) is 6.07 Å². The number of halogens is 1. The average Bonchev–Trinajstić information content (AvgIpc) is 2.80. The molecule has 2 saturated heterocycles. The van der Waals surface area contributed by atoms with Crippen molar-refractivity contribution in [3.05, 3.63) is 17.9 Å². The molecule has 0 saturated carbocycles. The van der Waals surface area contributed by atoms with E-state index in [9.17, 15) is 14.3 Å². The summed E-state index contributed by atoms with van der Waals surface area (Å²) in [6, 6.07) is 2.70. The van der Waals surface area contributed by atoms with Crippen molar-refractivity contribution in [2.24, 2.45) is 0 Å². The number of aliphatic hydroxyl groups is 1. The number of hydrogen-bond acceptors (Lipinski definition) is 6. The third kappa shape index (κ3) is 2.57. The summed E-state index contributed by atoms with van der Waals surface area (Å²) in [5.74, 6) is 2.06. The molecule has 1 aromatic rings. The largest absolute Gasteiger partial charge is 0.491 e. The number of thioether (sulfide) groups is 1. The number of nitrogens with zero attached hydrogens (tertiary/aromatic N) is 2. The van der Waals surface area contributed by atoms with Crippen molar-refractivity contribution in [3.63, 3.8) is 0 Å². The van der Waals surface area contributed by atoms with Crippen LogP contribution in [0.4, 0.5) is 20.6 Å². The van der Waals surface area contributed by atoms with Gasteiger partial charge in [0.2, 0.25) is 0 Å². The topological polar surface area (TPSA) is 62.2 Å². The lowest BCUT2D eigenvalue weighted by atomic mass is 10.1. The standard InChI is InChI=1S/C16H19FN2O4S/c17-10-7-13-14(8-12(10)18-2-5-24-6-3-18)22-4-1-11-15(9-20)23-16(21)19(11)13/h7-8,11,15,20H,1-6,9H2/t11-,15-/m1/s1. The Bertz CT molecular complexity index is 653. The summed E-state index contributed by atoms with van der Waals surface area (Å²) < 4.78 is 25.7. The van der Waals surface area contributed by atoms with Crippen molar-refractivity contribution in [2.75, 3.05) is 47.6 Å². The molecule has 1 N–H and O–H groups in total. The van der Waals surface area contributed by atoms with Crippen molar-refractivity contribution in [2.45, 2.75) is 18.6 Å². The molecule has 0 aliphatic carbocycles. The fraction of sp³-hybridized carbons (Fsp3) is 0.562. The van der Waals surface area contributed by atoms with Gasteiger partial charge in [-0.25, -0.2) is 9.18 Å². The van der Waals surface area contributed by atoms with Crippen molar-refractivity contribution in [3.8, 4) is 5.75 Å². The first-order valence-corrected chi connectivity index (χ1v) is 9.24. The van der Waals surface area contributed by atoms with Crippen molar-refractivity contribution in [1.82, 2.24) is 0 Å². The smallest absolute Gasteiger partial charge is 0.415 e.